The minimum Gasteiger partial charge on any atom is -0.468 e. The van der Waals surface area contributed by atoms with Crippen LogP contribution in [0.2, 0.25) is 5.04 Å². The third-order valence-electron chi connectivity index (χ3n) is 6.20. The molecule has 8 heteroatoms. The first-order valence-corrected chi connectivity index (χ1v) is 14.3. The van der Waals surface area contributed by atoms with Crippen molar-refractivity contribution in [1.82, 2.24) is 3.97 Å². The van der Waals surface area contributed by atoms with Gasteiger partial charge >= 0.3 is 0 Å². The summed E-state index contributed by atoms with van der Waals surface area (Å²) in [5.74, 6) is 0. The first kappa shape index (κ1) is 23.9. The predicted octanol–water partition coefficient (Wildman–Crippen LogP) is 2.92. The summed E-state index contributed by atoms with van der Waals surface area (Å²) >= 11 is 0. The molecule has 5 nitrogen and oxygen atoms in total. The van der Waals surface area contributed by atoms with Gasteiger partial charge in [0.15, 0.2) is 9.76 Å². The van der Waals surface area contributed by atoms with E-state index in [9.17, 15) is 13.5 Å². The number of fused-ring (bicyclic) bond motifs is 1. The van der Waals surface area contributed by atoms with Crippen molar-refractivity contribution in [1.29, 1.82) is 0 Å². The van der Waals surface area contributed by atoms with Crippen LogP contribution in [0.1, 0.15) is 45.7 Å². The molecule has 3 aromatic rings. The van der Waals surface area contributed by atoms with Gasteiger partial charge in [-0.3, -0.25) is 0 Å². The van der Waals surface area contributed by atoms with Crippen molar-refractivity contribution in [3.8, 4) is 0 Å². The Morgan fingerprint density at radius 1 is 1.10 bits per heavy atom. The number of hydrogen-bond donors (Lipinski definition) is 1. The number of hydrogen-bond acceptors (Lipinski definition) is 4. The van der Waals surface area contributed by atoms with E-state index in [0.717, 1.165) is 18.2 Å². The number of para-hydroxylation sites is 1. The summed E-state index contributed by atoms with van der Waals surface area (Å²) in [6, 6.07) is 17.9. The molecule has 1 heterocycles. The number of nitrogens with zero attached hydrogens (tertiary/aromatic N) is 1. The highest BCUT2D eigenvalue weighted by Gasteiger charge is 2.44. The molecular formula is C23H33NO4SSi2. The molecule has 0 amide bonds. The van der Waals surface area contributed by atoms with E-state index in [1.165, 1.54) is 3.97 Å². The molecule has 1 unspecified atom stereocenters. The van der Waals surface area contributed by atoms with Crippen LogP contribution in [-0.2, 0) is 20.6 Å². The van der Waals surface area contributed by atoms with Crippen LogP contribution in [0.15, 0.2) is 65.6 Å². The maximum absolute atomic E-state index is 13.7. The zero-order valence-corrected chi connectivity index (χ0v) is 23.1. The molecule has 0 saturated heterocycles. The average Bonchev–Trinajstić information content (AvgIpc) is 3.11. The molecule has 3 rings (SSSR count). The normalized spacial score (nSPS) is 15.1. The summed E-state index contributed by atoms with van der Waals surface area (Å²) in [7, 11) is -4.13. The van der Waals surface area contributed by atoms with Crippen LogP contribution in [-0.4, -0.2) is 43.3 Å². The van der Waals surface area contributed by atoms with Crippen LogP contribution in [0.25, 0.3) is 10.9 Å². The number of aromatic nitrogens is 1. The van der Waals surface area contributed by atoms with E-state index < -0.39 is 25.4 Å². The first-order chi connectivity index (χ1) is 14.7. The lowest BCUT2D eigenvalue weighted by atomic mass is 9.80. The lowest BCUT2D eigenvalue weighted by Crippen LogP contribution is -2.46. The Balaban J connectivity index is 2.19. The molecule has 0 saturated carbocycles. The quantitative estimate of drug-likeness (QED) is 0.458. The molecule has 0 aliphatic heterocycles. The maximum Gasteiger partial charge on any atom is 0.268 e. The Labute approximate surface area is 191 Å². The van der Waals surface area contributed by atoms with Gasteiger partial charge in [-0.2, -0.15) is 0 Å². The average molecular weight is 476 g/mol. The minimum atomic E-state index is -3.81. The van der Waals surface area contributed by atoms with Crippen LogP contribution in [0.4, 0.5) is 0 Å². The third-order valence-corrected chi connectivity index (χ3v) is 10.5. The van der Waals surface area contributed by atoms with Crippen LogP contribution < -0.4 is 0 Å². The van der Waals surface area contributed by atoms with Gasteiger partial charge in [-0.05, 0) is 30.7 Å². The molecule has 0 aliphatic carbocycles. The molecule has 0 radical (unpaired) electrons. The smallest absolute Gasteiger partial charge is 0.268 e. The fourth-order valence-electron chi connectivity index (χ4n) is 4.22. The second-order valence-corrected chi connectivity index (χ2v) is 15.1. The SMILES string of the molecule is CCCCC(O)(Cc1cc2ccccc2n1S(=O)(=O)c1ccccc1)C(C)(C)[SiH2]O[SiH3]. The molecule has 1 N–H and O–H groups in total. The lowest BCUT2D eigenvalue weighted by Gasteiger charge is -2.42. The molecular weight excluding hydrogens is 442 g/mol. The van der Waals surface area contributed by atoms with Crippen molar-refractivity contribution >= 4 is 41.2 Å². The van der Waals surface area contributed by atoms with Gasteiger partial charge in [-0.25, -0.2) is 12.4 Å². The fourth-order valence-corrected chi connectivity index (χ4v) is 9.24. The molecule has 168 valence electrons. The minimum absolute atomic E-state index is 0.242. The molecule has 1 atom stereocenters. The Bertz CT molecular complexity index is 1130. The Morgan fingerprint density at radius 2 is 1.74 bits per heavy atom. The van der Waals surface area contributed by atoms with Crippen molar-refractivity contribution in [2.24, 2.45) is 0 Å². The van der Waals surface area contributed by atoms with Crippen molar-refractivity contribution in [3.05, 3.63) is 66.4 Å². The highest BCUT2D eigenvalue weighted by molar-refractivity contribution is 7.90. The highest BCUT2D eigenvalue weighted by atomic mass is 32.2. The van der Waals surface area contributed by atoms with Crippen LogP contribution >= 0.6 is 0 Å². The van der Waals surface area contributed by atoms with Crippen LogP contribution in [0, 0.1) is 0 Å². The first-order valence-electron chi connectivity index (χ1n) is 10.8. The van der Waals surface area contributed by atoms with Crippen LogP contribution in [0.5, 0.6) is 0 Å². The van der Waals surface area contributed by atoms with E-state index in [0.29, 0.717) is 28.1 Å². The van der Waals surface area contributed by atoms with E-state index in [4.69, 9.17) is 4.12 Å². The zero-order chi connectivity index (χ0) is 22.7. The maximum atomic E-state index is 13.7. The number of rotatable bonds is 10. The summed E-state index contributed by atoms with van der Waals surface area (Å²) in [4.78, 5) is 0.242. The molecule has 1 aromatic heterocycles. The van der Waals surface area contributed by atoms with E-state index in [2.05, 4.69) is 20.8 Å². The topological polar surface area (TPSA) is 68.5 Å². The second-order valence-electron chi connectivity index (χ2n) is 8.91. The summed E-state index contributed by atoms with van der Waals surface area (Å²) < 4.78 is 34.5. The number of aliphatic hydroxyl groups is 1. The van der Waals surface area contributed by atoms with Gasteiger partial charge in [0.05, 0.1) is 16.0 Å². The van der Waals surface area contributed by atoms with Gasteiger partial charge in [0, 0.05) is 22.5 Å². The third kappa shape index (κ3) is 4.73. The molecule has 0 bridgehead atoms. The number of unbranched alkanes of at least 4 members (excludes halogenated alkanes) is 1. The van der Waals surface area contributed by atoms with Gasteiger partial charge < -0.3 is 9.22 Å². The molecule has 0 aliphatic rings. The van der Waals surface area contributed by atoms with E-state index in [1.807, 2.05) is 30.3 Å². The summed E-state index contributed by atoms with van der Waals surface area (Å²) in [5.41, 5.74) is 0.199. The van der Waals surface area contributed by atoms with E-state index in [-0.39, 0.29) is 16.4 Å². The van der Waals surface area contributed by atoms with Gasteiger partial charge in [0.25, 0.3) is 10.0 Å². The van der Waals surface area contributed by atoms with E-state index >= 15 is 0 Å². The summed E-state index contributed by atoms with van der Waals surface area (Å²) in [5, 5.41) is 12.4. The molecule has 0 spiro atoms. The zero-order valence-electron chi connectivity index (χ0n) is 18.8. The Hall–Kier alpha value is -1.72. The Kier molecular flexibility index (Phi) is 7.27. The highest BCUT2D eigenvalue weighted by Crippen LogP contribution is 2.44. The van der Waals surface area contributed by atoms with Crippen LogP contribution in [0.3, 0.4) is 0 Å². The fraction of sp³-hybridized carbons (Fsp3) is 0.391. The van der Waals surface area contributed by atoms with Crippen molar-refractivity contribution in [2.45, 2.75) is 62.0 Å². The van der Waals surface area contributed by atoms with Gasteiger partial charge in [0.1, 0.15) is 10.5 Å². The van der Waals surface area contributed by atoms with Crippen molar-refractivity contribution in [3.63, 3.8) is 0 Å². The largest absolute Gasteiger partial charge is 0.468 e. The lowest BCUT2D eigenvalue weighted by molar-refractivity contribution is -0.0105. The van der Waals surface area contributed by atoms with Gasteiger partial charge in [-0.15, -0.1) is 0 Å². The van der Waals surface area contributed by atoms with E-state index in [1.54, 1.807) is 30.3 Å². The van der Waals surface area contributed by atoms with Crippen molar-refractivity contribution < 1.29 is 17.6 Å². The van der Waals surface area contributed by atoms with Gasteiger partial charge in [-0.1, -0.05) is 70.0 Å². The van der Waals surface area contributed by atoms with Gasteiger partial charge in [0.2, 0.25) is 0 Å². The molecule has 2 aromatic carbocycles. The second kappa shape index (κ2) is 9.42. The molecule has 31 heavy (non-hydrogen) atoms. The Morgan fingerprint density at radius 3 is 2.39 bits per heavy atom. The standard InChI is InChI=1S/C23H33NO4SSi2/c1-4-5-15-23(25,22(2,3)31-28-30)17-19-16-18-11-9-10-14-21(18)24(19)29(26,27)20-12-7-6-8-13-20/h6-14,16,25H,4-5,15,17,31H2,1-3,30H3. The summed E-state index contributed by atoms with van der Waals surface area (Å²) in [6.07, 6.45) is 2.72. The monoisotopic (exact) mass is 475 g/mol. The predicted molar refractivity (Wildman–Crippen MR) is 133 cm³/mol. The summed E-state index contributed by atoms with van der Waals surface area (Å²) in [6.45, 7) is 6.22. The molecule has 0 fully saturated rings. The number of benzene rings is 2. The van der Waals surface area contributed by atoms with Crippen molar-refractivity contribution in [2.75, 3.05) is 0 Å².